The zero-order valence-corrected chi connectivity index (χ0v) is 7.46. The van der Waals surface area contributed by atoms with Gasteiger partial charge in [-0.1, -0.05) is 11.6 Å². The van der Waals surface area contributed by atoms with E-state index in [9.17, 15) is 26.9 Å². The average Bonchev–Trinajstić information content (AvgIpc) is 2.23. The van der Waals surface area contributed by atoms with Gasteiger partial charge in [0.15, 0.2) is 28.8 Å². The van der Waals surface area contributed by atoms with E-state index in [1.807, 2.05) is 5.18 Å². The first kappa shape index (κ1) is 11.8. The van der Waals surface area contributed by atoms with Crippen LogP contribution in [0.25, 0.3) is 0 Å². The van der Waals surface area contributed by atoms with Crippen LogP contribution in [0.15, 0.2) is 5.18 Å². The van der Waals surface area contributed by atoms with Gasteiger partial charge < -0.3 is 0 Å². The summed E-state index contributed by atoms with van der Waals surface area (Å²) in [7, 11) is 0. The molecule has 0 saturated heterocycles. The molecule has 2 nitrogen and oxygen atoms in total. The Labute approximate surface area is 84.6 Å². The number of hydrogen-bond acceptors (Lipinski definition) is 2. The molecular weight excluding hydrogens is 245 g/mol. The summed E-state index contributed by atoms with van der Waals surface area (Å²) in [6.07, 6.45) is 0. The number of alkyl halides is 1. The molecule has 0 saturated carbocycles. The number of hydrogen-bond donors (Lipinski definition) is 0. The van der Waals surface area contributed by atoms with Gasteiger partial charge in [0.25, 0.3) is 0 Å². The number of rotatable bonds is 2. The molecule has 1 atom stereocenters. The molecule has 0 aliphatic carbocycles. The molecule has 0 heterocycles. The maximum absolute atomic E-state index is 12.8. The van der Waals surface area contributed by atoms with Crippen LogP contribution in [0.2, 0.25) is 0 Å². The van der Waals surface area contributed by atoms with Crippen LogP contribution < -0.4 is 0 Å². The van der Waals surface area contributed by atoms with Crippen LogP contribution >= 0.6 is 11.6 Å². The summed E-state index contributed by atoms with van der Waals surface area (Å²) in [5, 5.41) is 1.97. The highest BCUT2D eigenvalue weighted by atomic mass is 35.5. The van der Waals surface area contributed by atoms with Gasteiger partial charge in [-0.3, -0.25) is 0 Å². The molecule has 0 aliphatic rings. The van der Waals surface area contributed by atoms with E-state index in [4.69, 9.17) is 11.6 Å². The Morgan fingerprint density at radius 3 is 1.53 bits per heavy atom. The molecular formula is C7HClF5NO. The second-order valence-electron chi connectivity index (χ2n) is 2.42. The van der Waals surface area contributed by atoms with Crippen LogP contribution in [0.1, 0.15) is 11.1 Å². The molecule has 0 radical (unpaired) electrons. The van der Waals surface area contributed by atoms with E-state index in [0.29, 0.717) is 0 Å². The van der Waals surface area contributed by atoms with Crippen molar-refractivity contribution < 1.29 is 22.0 Å². The molecule has 0 spiro atoms. The van der Waals surface area contributed by atoms with Crippen LogP contribution in [0.5, 0.6) is 0 Å². The van der Waals surface area contributed by atoms with Crippen LogP contribution in [-0.2, 0) is 0 Å². The fraction of sp³-hybridized carbons (Fsp3) is 0.143. The van der Waals surface area contributed by atoms with Gasteiger partial charge >= 0.3 is 0 Å². The van der Waals surface area contributed by atoms with E-state index >= 15 is 0 Å². The predicted molar refractivity (Wildman–Crippen MR) is 40.6 cm³/mol. The minimum atomic E-state index is -2.32. The standard InChI is InChI=1S/C7HClF5NO/c8-7(14-15)1-2(9)4(11)6(13)5(12)3(1)10/h7H. The van der Waals surface area contributed by atoms with Gasteiger partial charge in [0.2, 0.25) is 5.82 Å². The molecule has 0 aromatic heterocycles. The zero-order valence-electron chi connectivity index (χ0n) is 6.70. The molecule has 1 aromatic rings. The van der Waals surface area contributed by atoms with Gasteiger partial charge in [-0.15, -0.1) is 4.91 Å². The molecule has 8 heteroatoms. The van der Waals surface area contributed by atoms with Crippen molar-refractivity contribution in [1.29, 1.82) is 0 Å². The molecule has 0 amide bonds. The first-order valence-electron chi connectivity index (χ1n) is 3.39. The molecule has 0 aliphatic heterocycles. The van der Waals surface area contributed by atoms with Gasteiger partial charge in [-0.05, 0) is 5.18 Å². The summed E-state index contributed by atoms with van der Waals surface area (Å²) < 4.78 is 63.2. The molecule has 1 aromatic carbocycles. The summed E-state index contributed by atoms with van der Waals surface area (Å²) in [6, 6.07) is 0. The van der Waals surface area contributed by atoms with E-state index in [2.05, 4.69) is 0 Å². The van der Waals surface area contributed by atoms with Crippen LogP contribution in [0.3, 0.4) is 0 Å². The van der Waals surface area contributed by atoms with Crippen molar-refractivity contribution in [2.45, 2.75) is 5.50 Å². The minimum Gasteiger partial charge on any atom is -0.203 e. The normalized spacial score (nSPS) is 12.7. The molecule has 15 heavy (non-hydrogen) atoms. The third-order valence-electron chi connectivity index (χ3n) is 1.57. The van der Waals surface area contributed by atoms with E-state index in [1.54, 1.807) is 0 Å². The lowest BCUT2D eigenvalue weighted by molar-refractivity contribution is 0.369. The minimum absolute atomic E-state index is 1.46. The van der Waals surface area contributed by atoms with Gasteiger partial charge in [0.05, 0.1) is 5.56 Å². The van der Waals surface area contributed by atoms with Crippen molar-refractivity contribution in [1.82, 2.24) is 0 Å². The van der Waals surface area contributed by atoms with E-state index in [-0.39, 0.29) is 0 Å². The highest BCUT2D eigenvalue weighted by molar-refractivity contribution is 6.20. The summed E-state index contributed by atoms with van der Waals surface area (Å²) in [5.41, 5.74) is -3.63. The Kier molecular flexibility index (Phi) is 3.23. The van der Waals surface area contributed by atoms with E-state index in [1.165, 1.54) is 0 Å². The number of nitroso groups, excluding NO2 is 1. The average molecular weight is 246 g/mol. The topological polar surface area (TPSA) is 29.4 Å². The Morgan fingerprint density at radius 1 is 0.867 bits per heavy atom. The first-order valence-corrected chi connectivity index (χ1v) is 3.83. The largest absolute Gasteiger partial charge is 0.203 e. The van der Waals surface area contributed by atoms with E-state index < -0.39 is 40.2 Å². The third kappa shape index (κ3) is 1.79. The first-order chi connectivity index (χ1) is 6.91. The second-order valence-corrected chi connectivity index (χ2v) is 2.84. The van der Waals surface area contributed by atoms with Crippen molar-refractivity contribution >= 4 is 11.6 Å². The number of halogens is 6. The van der Waals surface area contributed by atoms with Crippen molar-refractivity contribution in [3.63, 3.8) is 0 Å². The zero-order chi connectivity index (χ0) is 11.7. The Balaban J connectivity index is 3.59. The lowest BCUT2D eigenvalue weighted by Gasteiger charge is -2.07. The van der Waals surface area contributed by atoms with Gasteiger partial charge in [0, 0.05) is 0 Å². The molecule has 1 unspecified atom stereocenters. The predicted octanol–water partition coefficient (Wildman–Crippen LogP) is 3.39. The quantitative estimate of drug-likeness (QED) is 0.196. The smallest absolute Gasteiger partial charge is 0.200 e. The summed E-state index contributed by atoms with van der Waals surface area (Å²) in [5.74, 6) is -11.0. The van der Waals surface area contributed by atoms with Crippen molar-refractivity contribution in [2.75, 3.05) is 0 Å². The molecule has 0 N–H and O–H groups in total. The summed E-state index contributed by atoms with van der Waals surface area (Å²) in [4.78, 5) is 9.86. The Bertz CT molecular complexity index is 395. The van der Waals surface area contributed by atoms with Crippen molar-refractivity contribution in [2.24, 2.45) is 5.18 Å². The fourth-order valence-corrected chi connectivity index (χ4v) is 1.08. The maximum atomic E-state index is 12.8. The highest BCUT2D eigenvalue weighted by Crippen LogP contribution is 2.31. The molecule has 1 rings (SSSR count). The van der Waals surface area contributed by atoms with Gasteiger partial charge in [-0.2, -0.15) is 0 Å². The molecule has 0 bridgehead atoms. The Morgan fingerprint density at radius 2 is 1.20 bits per heavy atom. The monoisotopic (exact) mass is 245 g/mol. The number of nitrogens with zero attached hydrogens (tertiary/aromatic N) is 1. The summed E-state index contributed by atoms with van der Waals surface area (Å²) in [6.45, 7) is 0. The molecule has 82 valence electrons. The van der Waals surface area contributed by atoms with Crippen LogP contribution in [0.4, 0.5) is 22.0 Å². The van der Waals surface area contributed by atoms with Gasteiger partial charge in [-0.25, -0.2) is 22.0 Å². The maximum Gasteiger partial charge on any atom is 0.200 e. The lowest BCUT2D eigenvalue weighted by atomic mass is 10.1. The SMILES string of the molecule is O=NC(Cl)c1c(F)c(F)c(F)c(F)c1F. The van der Waals surface area contributed by atoms with Crippen molar-refractivity contribution in [3.8, 4) is 0 Å². The fourth-order valence-electron chi connectivity index (χ4n) is 0.884. The molecule has 0 fully saturated rings. The Hall–Kier alpha value is -1.24. The third-order valence-corrected chi connectivity index (χ3v) is 1.87. The lowest BCUT2D eigenvalue weighted by Crippen LogP contribution is -2.07. The number of benzene rings is 1. The van der Waals surface area contributed by atoms with Crippen LogP contribution in [-0.4, -0.2) is 0 Å². The van der Waals surface area contributed by atoms with E-state index in [0.717, 1.165) is 0 Å². The second kappa shape index (κ2) is 4.09. The summed E-state index contributed by atoms with van der Waals surface area (Å²) >= 11 is 4.98. The highest BCUT2D eigenvalue weighted by Gasteiger charge is 2.29. The van der Waals surface area contributed by atoms with Gasteiger partial charge in [0.1, 0.15) is 0 Å². The van der Waals surface area contributed by atoms with Crippen LogP contribution in [0, 0.1) is 34.0 Å². The van der Waals surface area contributed by atoms with Crippen molar-refractivity contribution in [3.05, 3.63) is 39.6 Å².